The van der Waals surface area contributed by atoms with Crippen molar-refractivity contribution in [1.82, 2.24) is 9.97 Å². The lowest BCUT2D eigenvalue weighted by Crippen LogP contribution is -2.16. The molecular formula is C13H12F2N4O2. The molecule has 1 aromatic heterocycles. The lowest BCUT2D eigenvalue weighted by molar-refractivity contribution is 0.102. The van der Waals surface area contributed by atoms with Crippen LogP contribution in [0.25, 0.3) is 0 Å². The van der Waals surface area contributed by atoms with Gasteiger partial charge in [0, 0.05) is 17.3 Å². The minimum atomic E-state index is -1.01. The lowest BCUT2D eigenvalue weighted by Gasteiger charge is -2.07. The average Bonchev–Trinajstić information content (AvgIpc) is 2.43. The van der Waals surface area contributed by atoms with Crippen molar-refractivity contribution >= 4 is 17.5 Å². The minimum absolute atomic E-state index is 0.0329. The Morgan fingerprint density at radius 1 is 1.24 bits per heavy atom. The third kappa shape index (κ3) is 3.22. The molecule has 110 valence electrons. The van der Waals surface area contributed by atoms with E-state index in [2.05, 4.69) is 15.3 Å². The van der Waals surface area contributed by atoms with Gasteiger partial charge in [-0.1, -0.05) is 0 Å². The zero-order valence-corrected chi connectivity index (χ0v) is 11.3. The first-order valence-electron chi connectivity index (χ1n) is 5.86. The van der Waals surface area contributed by atoms with Crippen LogP contribution in [-0.2, 0) is 0 Å². The zero-order chi connectivity index (χ0) is 15.6. The maximum atomic E-state index is 13.3. The second kappa shape index (κ2) is 5.70. The molecule has 0 bridgehead atoms. The van der Waals surface area contributed by atoms with Gasteiger partial charge in [0.25, 0.3) is 5.91 Å². The van der Waals surface area contributed by atoms with Crippen LogP contribution < -0.4 is 15.8 Å². The van der Waals surface area contributed by atoms with E-state index in [-0.39, 0.29) is 17.4 Å². The molecule has 0 atom stereocenters. The van der Waals surface area contributed by atoms with Crippen LogP contribution in [0, 0.1) is 18.6 Å². The smallest absolute Gasteiger partial charge is 0.258 e. The number of nitrogens with zero attached hydrogens (tertiary/aromatic N) is 2. The highest BCUT2D eigenvalue weighted by Crippen LogP contribution is 2.18. The van der Waals surface area contributed by atoms with Crippen molar-refractivity contribution in [2.75, 3.05) is 18.2 Å². The summed E-state index contributed by atoms with van der Waals surface area (Å²) in [4.78, 5) is 19.8. The number of nitrogens with one attached hydrogen (secondary N) is 1. The van der Waals surface area contributed by atoms with E-state index in [1.807, 2.05) is 0 Å². The Balaban J connectivity index is 2.28. The van der Waals surface area contributed by atoms with Gasteiger partial charge in [-0.15, -0.1) is 0 Å². The molecule has 0 aliphatic rings. The molecule has 3 N–H and O–H groups in total. The Hall–Kier alpha value is -2.77. The number of carbonyl (C=O) groups is 1. The number of nitrogens with two attached hydrogens (primary N) is 1. The first-order valence-corrected chi connectivity index (χ1v) is 5.86. The molecule has 0 saturated heterocycles. The number of hydrogen-bond acceptors (Lipinski definition) is 5. The summed E-state index contributed by atoms with van der Waals surface area (Å²) in [5.41, 5.74) is 4.83. The number of methoxy groups -OCH3 is 1. The monoisotopic (exact) mass is 294 g/mol. The molecular weight excluding hydrogens is 282 g/mol. The van der Waals surface area contributed by atoms with Gasteiger partial charge in [0.15, 0.2) is 0 Å². The van der Waals surface area contributed by atoms with Crippen LogP contribution in [0.1, 0.15) is 16.1 Å². The van der Waals surface area contributed by atoms with Crippen LogP contribution in [0.3, 0.4) is 0 Å². The molecule has 0 spiro atoms. The van der Waals surface area contributed by atoms with Crippen molar-refractivity contribution in [3.8, 4) is 5.88 Å². The SMILES string of the molecule is COc1cc(C)nc(NC(=O)c2cc(F)c(N)c(F)c2)n1. The van der Waals surface area contributed by atoms with Crippen LogP contribution >= 0.6 is 0 Å². The Morgan fingerprint density at radius 2 is 1.86 bits per heavy atom. The molecule has 0 fully saturated rings. The summed E-state index contributed by atoms with van der Waals surface area (Å²) in [7, 11) is 1.41. The van der Waals surface area contributed by atoms with E-state index in [1.54, 1.807) is 13.0 Å². The normalized spacial score (nSPS) is 10.3. The van der Waals surface area contributed by atoms with Gasteiger partial charge < -0.3 is 10.5 Å². The largest absolute Gasteiger partial charge is 0.481 e. The molecule has 1 amide bonds. The predicted octanol–water partition coefficient (Wildman–Crippen LogP) is 1.91. The molecule has 21 heavy (non-hydrogen) atoms. The van der Waals surface area contributed by atoms with Crippen LogP contribution in [0.15, 0.2) is 18.2 Å². The van der Waals surface area contributed by atoms with Crippen LogP contribution in [-0.4, -0.2) is 23.0 Å². The zero-order valence-electron chi connectivity index (χ0n) is 11.3. The summed E-state index contributed by atoms with van der Waals surface area (Å²) in [6.45, 7) is 1.68. The Kier molecular flexibility index (Phi) is 3.97. The Morgan fingerprint density at radius 3 is 2.43 bits per heavy atom. The molecule has 1 heterocycles. The van der Waals surface area contributed by atoms with Gasteiger partial charge >= 0.3 is 0 Å². The molecule has 2 rings (SSSR count). The van der Waals surface area contributed by atoms with E-state index < -0.39 is 23.2 Å². The second-order valence-corrected chi connectivity index (χ2v) is 4.18. The summed E-state index contributed by atoms with van der Waals surface area (Å²) in [6, 6.07) is 3.24. The van der Waals surface area contributed by atoms with Crippen molar-refractivity contribution in [3.63, 3.8) is 0 Å². The fraction of sp³-hybridized carbons (Fsp3) is 0.154. The summed E-state index contributed by atoms with van der Waals surface area (Å²) in [5.74, 6) is -2.56. The van der Waals surface area contributed by atoms with Crippen molar-refractivity contribution in [2.45, 2.75) is 6.92 Å². The van der Waals surface area contributed by atoms with Gasteiger partial charge in [-0.3, -0.25) is 10.1 Å². The van der Waals surface area contributed by atoms with Crippen molar-refractivity contribution in [3.05, 3.63) is 41.1 Å². The van der Waals surface area contributed by atoms with Crippen molar-refractivity contribution in [1.29, 1.82) is 0 Å². The number of amides is 1. The second-order valence-electron chi connectivity index (χ2n) is 4.18. The summed E-state index contributed by atoms with van der Waals surface area (Å²) < 4.78 is 31.6. The van der Waals surface area contributed by atoms with E-state index in [9.17, 15) is 13.6 Å². The van der Waals surface area contributed by atoms with Crippen LogP contribution in [0.5, 0.6) is 5.88 Å². The molecule has 1 aromatic carbocycles. The fourth-order valence-corrected chi connectivity index (χ4v) is 1.59. The first-order chi connectivity index (χ1) is 9.90. The number of aromatic nitrogens is 2. The Bertz CT molecular complexity index is 684. The maximum Gasteiger partial charge on any atom is 0.258 e. The number of carbonyl (C=O) groups excluding carboxylic acids is 1. The minimum Gasteiger partial charge on any atom is -0.481 e. The number of ether oxygens (including phenoxy) is 1. The molecule has 0 saturated carbocycles. The van der Waals surface area contributed by atoms with Gasteiger partial charge in [-0.05, 0) is 19.1 Å². The fourth-order valence-electron chi connectivity index (χ4n) is 1.59. The van der Waals surface area contributed by atoms with Gasteiger partial charge in [0.2, 0.25) is 11.8 Å². The highest BCUT2D eigenvalue weighted by molar-refractivity contribution is 6.03. The predicted molar refractivity (Wildman–Crippen MR) is 72.0 cm³/mol. The molecule has 0 unspecified atom stereocenters. The summed E-state index contributed by atoms with van der Waals surface area (Å²) >= 11 is 0. The maximum absolute atomic E-state index is 13.3. The van der Waals surface area contributed by atoms with E-state index in [1.165, 1.54) is 7.11 Å². The van der Waals surface area contributed by atoms with Gasteiger partial charge in [0.05, 0.1) is 7.11 Å². The third-order valence-electron chi connectivity index (χ3n) is 2.61. The number of rotatable bonds is 3. The lowest BCUT2D eigenvalue weighted by atomic mass is 10.2. The average molecular weight is 294 g/mol. The van der Waals surface area contributed by atoms with E-state index in [0.29, 0.717) is 5.69 Å². The third-order valence-corrected chi connectivity index (χ3v) is 2.61. The highest BCUT2D eigenvalue weighted by Gasteiger charge is 2.14. The number of anilines is 2. The van der Waals surface area contributed by atoms with E-state index in [0.717, 1.165) is 12.1 Å². The molecule has 6 nitrogen and oxygen atoms in total. The van der Waals surface area contributed by atoms with Crippen molar-refractivity contribution < 1.29 is 18.3 Å². The standard InChI is InChI=1S/C13H12F2N4O2/c1-6-3-10(21-2)18-13(17-6)19-12(20)7-4-8(14)11(16)9(15)5-7/h3-5H,16H2,1-2H3,(H,17,18,19,20). The molecule has 8 heteroatoms. The molecule has 0 aliphatic carbocycles. The number of aryl methyl sites for hydroxylation is 1. The van der Waals surface area contributed by atoms with Gasteiger partial charge in [-0.25, -0.2) is 13.8 Å². The van der Waals surface area contributed by atoms with Gasteiger partial charge in [0.1, 0.15) is 17.3 Å². The highest BCUT2D eigenvalue weighted by atomic mass is 19.1. The van der Waals surface area contributed by atoms with E-state index >= 15 is 0 Å². The van der Waals surface area contributed by atoms with Crippen LogP contribution in [0.4, 0.5) is 20.4 Å². The summed E-state index contributed by atoms with van der Waals surface area (Å²) in [6.07, 6.45) is 0. The first kappa shape index (κ1) is 14.6. The number of hydrogen-bond donors (Lipinski definition) is 2. The molecule has 2 aromatic rings. The Labute approximate surface area is 119 Å². The molecule has 0 radical (unpaired) electrons. The van der Waals surface area contributed by atoms with Gasteiger partial charge in [-0.2, -0.15) is 4.98 Å². The van der Waals surface area contributed by atoms with Crippen molar-refractivity contribution in [2.24, 2.45) is 0 Å². The van der Waals surface area contributed by atoms with Crippen LogP contribution in [0.2, 0.25) is 0 Å². The molecule has 0 aliphatic heterocycles. The topological polar surface area (TPSA) is 90.1 Å². The number of halogens is 2. The number of benzene rings is 1. The summed E-state index contributed by atoms with van der Waals surface area (Å²) in [5, 5.41) is 2.33. The quantitative estimate of drug-likeness (QED) is 0.844. The number of nitrogen functional groups attached to an aromatic ring is 1. The van der Waals surface area contributed by atoms with E-state index in [4.69, 9.17) is 10.5 Å².